The Labute approximate surface area is 132 Å². The molecule has 0 saturated carbocycles. The SMILES string of the molecule is CCCCn1c(=O)c2cccnc2s/c1=N\c1ccccc1. The second-order valence-corrected chi connectivity index (χ2v) is 5.95. The largest absolute Gasteiger partial charge is 0.284 e. The van der Waals surface area contributed by atoms with Gasteiger partial charge in [0.1, 0.15) is 4.83 Å². The Morgan fingerprint density at radius 2 is 2.00 bits per heavy atom. The van der Waals surface area contributed by atoms with Gasteiger partial charge in [0.15, 0.2) is 4.80 Å². The number of hydrogen-bond donors (Lipinski definition) is 0. The molecular formula is C17H17N3OS. The Bertz CT molecular complexity index is 897. The number of para-hydroxylation sites is 1. The van der Waals surface area contributed by atoms with E-state index in [0.717, 1.165) is 23.4 Å². The number of benzene rings is 1. The molecule has 0 aliphatic carbocycles. The molecule has 0 N–H and O–H groups in total. The van der Waals surface area contributed by atoms with E-state index < -0.39 is 0 Å². The second kappa shape index (κ2) is 6.66. The molecule has 0 amide bonds. The zero-order chi connectivity index (χ0) is 15.4. The molecule has 0 atom stereocenters. The summed E-state index contributed by atoms with van der Waals surface area (Å²) in [6, 6.07) is 13.3. The summed E-state index contributed by atoms with van der Waals surface area (Å²) in [5.41, 5.74) is 0.837. The fourth-order valence-corrected chi connectivity index (χ4v) is 3.21. The first-order valence-electron chi connectivity index (χ1n) is 7.38. The van der Waals surface area contributed by atoms with E-state index in [1.807, 2.05) is 36.4 Å². The van der Waals surface area contributed by atoms with Crippen molar-refractivity contribution in [3.8, 4) is 0 Å². The van der Waals surface area contributed by atoms with Crippen LogP contribution in [0.5, 0.6) is 0 Å². The normalized spacial score (nSPS) is 12.0. The molecule has 0 spiro atoms. The van der Waals surface area contributed by atoms with Gasteiger partial charge in [0.05, 0.1) is 11.1 Å². The van der Waals surface area contributed by atoms with Crippen LogP contribution in [0.4, 0.5) is 5.69 Å². The van der Waals surface area contributed by atoms with Crippen LogP contribution >= 0.6 is 11.3 Å². The van der Waals surface area contributed by atoms with Crippen LogP contribution < -0.4 is 10.4 Å². The zero-order valence-electron chi connectivity index (χ0n) is 12.4. The van der Waals surface area contributed by atoms with Gasteiger partial charge in [-0.25, -0.2) is 9.98 Å². The molecule has 0 fully saturated rings. The average molecular weight is 311 g/mol. The van der Waals surface area contributed by atoms with Crippen molar-refractivity contribution in [2.75, 3.05) is 0 Å². The molecule has 0 aliphatic heterocycles. The standard InChI is InChI=1S/C17H17N3OS/c1-2-3-12-20-16(21)14-10-7-11-18-15(14)22-17(20)19-13-8-5-4-6-9-13/h4-11H,2-3,12H2,1H3/b19-17-. The van der Waals surface area contributed by atoms with Crippen LogP contribution in [0.2, 0.25) is 0 Å². The molecule has 22 heavy (non-hydrogen) atoms. The number of unbranched alkanes of at least 4 members (excludes halogenated alkanes) is 1. The monoisotopic (exact) mass is 311 g/mol. The fraction of sp³-hybridized carbons (Fsp3) is 0.235. The van der Waals surface area contributed by atoms with Crippen LogP contribution in [-0.2, 0) is 6.54 Å². The highest BCUT2D eigenvalue weighted by molar-refractivity contribution is 7.15. The number of aromatic nitrogens is 2. The molecule has 2 aromatic heterocycles. The number of hydrogen-bond acceptors (Lipinski definition) is 4. The predicted octanol–water partition coefficient (Wildman–Crippen LogP) is 3.49. The summed E-state index contributed by atoms with van der Waals surface area (Å²) < 4.78 is 1.77. The van der Waals surface area contributed by atoms with Crippen molar-refractivity contribution in [3.05, 3.63) is 63.8 Å². The second-order valence-electron chi connectivity index (χ2n) is 5.00. The third kappa shape index (κ3) is 2.99. The zero-order valence-corrected chi connectivity index (χ0v) is 13.2. The lowest BCUT2D eigenvalue weighted by Crippen LogP contribution is -2.32. The highest BCUT2D eigenvalue weighted by atomic mass is 32.1. The molecule has 5 heteroatoms. The van der Waals surface area contributed by atoms with E-state index in [1.54, 1.807) is 16.8 Å². The molecular weight excluding hydrogens is 294 g/mol. The Balaban J connectivity index is 2.27. The van der Waals surface area contributed by atoms with Gasteiger partial charge >= 0.3 is 0 Å². The minimum absolute atomic E-state index is 0.00928. The molecule has 112 valence electrons. The minimum atomic E-state index is -0.00928. The lowest BCUT2D eigenvalue weighted by atomic mass is 10.3. The first kappa shape index (κ1) is 14.7. The van der Waals surface area contributed by atoms with Crippen LogP contribution in [0, 0.1) is 0 Å². The van der Waals surface area contributed by atoms with Crippen molar-refractivity contribution in [2.45, 2.75) is 26.3 Å². The van der Waals surface area contributed by atoms with Crippen LogP contribution in [0.3, 0.4) is 0 Å². The van der Waals surface area contributed by atoms with Gasteiger partial charge in [-0.05, 0) is 30.7 Å². The predicted molar refractivity (Wildman–Crippen MR) is 90.5 cm³/mol. The van der Waals surface area contributed by atoms with Gasteiger partial charge < -0.3 is 0 Å². The van der Waals surface area contributed by atoms with Crippen LogP contribution in [0.15, 0.2) is 58.4 Å². The highest BCUT2D eigenvalue weighted by Gasteiger charge is 2.07. The third-order valence-corrected chi connectivity index (χ3v) is 4.39. The lowest BCUT2D eigenvalue weighted by molar-refractivity contribution is 0.602. The fourth-order valence-electron chi connectivity index (χ4n) is 2.22. The van der Waals surface area contributed by atoms with E-state index in [2.05, 4.69) is 16.9 Å². The van der Waals surface area contributed by atoms with Crippen molar-refractivity contribution in [1.82, 2.24) is 9.55 Å². The maximum atomic E-state index is 12.7. The van der Waals surface area contributed by atoms with E-state index in [9.17, 15) is 4.79 Å². The van der Waals surface area contributed by atoms with Crippen LogP contribution in [0.1, 0.15) is 19.8 Å². The highest BCUT2D eigenvalue weighted by Crippen LogP contribution is 2.12. The summed E-state index contributed by atoms with van der Waals surface area (Å²) in [6.45, 7) is 2.80. The molecule has 0 unspecified atom stereocenters. The molecule has 0 bridgehead atoms. The topological polar surface area (TPSA) is 47.2 Å². The Morgan fingerprint density at radius 3 is 2.77 bits per heavy atom. The molecule has 3 rings (SSSR count). The molecule has 0 aliphatic rings. The lowest BCUT2D eigenvalue weighted by Gasteiger charge is -2.06. The Hall–Kier alpha value is -2.27. The van der Waals surface area contributed by atoms with E-state index in [0.29, 0.717) is 16.7 Å². The summed E-state index contributed by atoms with van der Waals surface area (Å²) in [6.07, 6.45) is 3.70. The smallest absolute Gasteiger partial charge is 0.263 e. The summed E-state index contributed by atoms with van der Waals surface area (Å²) in [5.74, 6) is 0. The number of pyridine rings is 1. The molecule has 1 aromatic carbocycles. The van der Waals surface area contributed by atoms with Crippen molar-refractivity contribution in [1.29, 1.82) is 0 Å². The maximum Gasteiger partial charge on any atom is 0.263 e. The Kier molecular flexibility index (Phi) is 4.44. The van der Waals surface area contributed by atoms with Crippen molar-refractivity contribution >= 4 is 27.2 Å². The first-order chi connectivity index (χ1) is 10.8. The average Bonchev–Trinajstić information content (AvgIpc) is 2.56. The number of fused-ring (bicyclic) bond motifs is 1. The molecule has 3 aromatic rings. The van der Waals surface area contributed by atoms with E-state index >= 15 is 0 Å². The molecule has 4 nitrogen and oxygen atoms in total. The molecule has 2 heterocycles. The van der Waals surface area contributed by atoms with Crippen LogP contribution in [0.25, 0.3) is 10.2 Å². The minimum Gasteiger partial charge on any atom is -0.284 e. The summed E-state index contributed by atoms with van der Waals surface area (Å²) in [7, 11) is 0. The molecule has 0 saturated heterocycles. The van der Waals surface area contributed by atoms with Gasteiger partial charge in [0, 0.05) is 12.7 Å². The van der Waals surface area contributed by atoms with E-state index in [1.165, 1.54) is 11.3 Å². The van der Waals surface area contributed by atoms with Gasteiger partial charge in [-0.15, -0.1) is 0 Å². The van der Waals surface area contributed by atoms with Crippen molar-refractivity contribution in [3.63, 3.8) is 0 Å². The summed E-state index contributed by atoms with van der Waals surface area (Å²) in [5, 5.41) is 0.663. The first-order valence-corrected chi connectivity index (χ1v) is 8.19. The molecule has 0 radical (unpaired) electrons. The van der Waals surface area contributed by atoms with Crippen molar-refractivity contribution < 1.29 is 0 Å². The van der Waals surface area contributed by atoms with Gasteiger partial charge in [0.2, 0.25) is 0 Å². The van der Waals surface area contributed by atoms with E-state index in [4.69, 9.17) is 0 Å². The third-order valence-electron chi connectivity index (χ3n) is 3.38. The van der Waals surface area contributed by atoms with Gasteiger partial charge in [0.25, 0.3) is 5.56 Å². The summed E-state index contributed by atoms with van der Waals surface area (Å²) in [4.78, 5) is 23.1. The number of rotatable bonds is 4. The Morgan fingerprint density at radius 1 is 1.18 bits per heavy atom. The van der Waals surface area contributed by atoms with E-state index in [-0.39, 0.29) is 5.56 Å². The quantitative estimate of drug-likeness (QED) is 0.740. The van der Waals surface area contributed by atoms with Gasteiger partial charge in [-0.3, -0.25) is 9.36 Å². The summed E-state index contributed by atoms with van der Waals surface area (Å²) >= 11 is 1.46. The van der Waals surface area contributed by atoms with Gasteiger partial charge in [-0.1, -0.05) is 42.9 Å². The van der Waals surface area contributed by atoms with Gasteiger partial charge in [-0.2, -0.15) is 0 Å². The maximum absolute atomic E-state index is 12.7. The van der Waals surface area contributed by atoms with Crippen LogP contribution in [-0.4, -0.2) is 9.55 Å². The number of nitrogens with zero attached hydrogens (tertiary/aromatic N) is 3. The van der Waals surface area contributed by atoms with Crippen molar-refractivity contribution in [2.24, 2.45) is 4.99 Å².